The van der Waals surface area contributed by atoms with Crippen LogP contribution in [0, 0.1) is 5.82 Å². The highest BCUT2D eigenvalue weighted by atomic mass is 19.1. The van der Waals surface area contributed by atoms with Gasteiger partial charge in [-0.1, -0.05) is 24.3 Å². The molecule has 3 unspecified atom stereocenters. The third-order valence-corrected chi connectivity index (χ3v) is 7.10. The number of fused-ring (bicyclic) bond motifs is 1. The van der Waals surface area contributed by atoms with Crippen molar-refractivity contribution in [2.45, 2.75) is 64.0 Å². The molecule has 4 rings (SSSR count). The molecule has 38 heavy (non-hydrogen) atoms. The average molecular weight is 521 g/mol. The molecule has 0 saturated carbocycles. The normalized spacial score (nSPS) is 21.1. The lowest BCUT2D eigenvalue weighted by Crippen LogP contribution is -2.59. The number of hydrogen-bond acceptors (Lipinski definition) is 6. The van der Waals surface area contributed by atoms with Gasteiger partial charge in [0.1, 0.15) is 32.3 Å². The highest BCUT2D eigenvalue weighted by Gasteiger charge is 2.45. The molecule has 2 aromatic carbocycles. The van der Waals surface area contributed by atoms with Crippen molar-refractivity contribution < 1.29 is 28.2 Å². The lowest BCUT2D eigenvalue weighted by Gasteiger charge is -2.37. The number of halogens is 1. The first-order valence-corrected chi connectivity index (χ1v) is 12.8. The maximum Gasteiger partial charge on any atom is 0.254 e. The van der Waals surface area contributed by atoms with Gasteiger partial charge in [0, 0.05) is 55.4 Å². The van der Waals surface area contributed by atoms with E-state index in [2.05, 4.69) is 10.2 Å². The minimum atomic E-state index is -1.70. The largest absolute Gasteiger partial charge is 0.488 e. The van der Waals surface area contributed by atoms with Crippen LogP contribution in [0.2, 0.25) is 0 Å². The Morgan fingerprint density at radius 1 is 1.21 bits per heavy atom. The number of nitrogens with zero attached hydrogens (tertiary/aromatic N) is 2. The molecule has 8 nitrogen and oxygen atoms in total. The van der Waals surface area contributed by atoms with Crippen LogP contribution in [-0.4, -0.2) is 73.5 Å². The van der Waals surface area contributed by atoms with E-state index in [9.17, 15) is 14.4 Å². The third-order valence-electron chi connectivity index (χ3n) is 7.10. The molecule has 10 heteroatoms. The number of carbonyl (C=O) groups excluding carboxylic acids is 3. The van der Waals surface area contributed by atoms with Gasteiger partial charge in [0.2, 0.25) is 5.91 Å². The number of benzene rings is 2. The van der Waals surface area contributed by atoms with Crippen LogP contribution >= 0.6 is 0 Å². The molecule has 2 amide bonds. The van der Waals surface area contributed by atoms with Crippen LogP contribution in [0.4, 0.5) is 4.39 Å². The highest BCUT2D eigenvalue weighted by Crippen LogP contribution is 2.36. The van der Waals surface area contributed by atoms with Crippen LogP contribution in [0.25, 0.3) is 0 Å². The number of likely N-dealkylation sites (N-methyl/N-ethyl adjacent to an activating group) is 1. The van der Waals surface area contributed by atoms with Crippen molar-refractivity contribution in [3.63, 3.8) is 0 Å². The maximum absolute atomic E-state index is 15.4. The number of aldehydes is 1. The lowest BCUT2D eigenvalue weighted by molar-refractivity contribution is -0.127. The maximum atomic E-state index is 15.4. The lowest BCUT2D eigenvalue weighted by atomic mass is 9.71. The van der Waals surface area contributed by atoms with Crippen molar-refractivity contribution >= 4 is 25.9 Å². The van der Waals surface area contributed by atoms with E-state index in [-0.39, 0.29) is 44.0 Å². The van der Waals surface area contributed by atoms with Crippen LogP contribution in [0.1, 0.15) is 53.7 Å². The molecule has 2 heterocycles. The smallest absolute Gasteiger partial charge is 0.254 e. The van der Waals surface area contributed by atoms with Gasteiger partial charge in [-0.25, -0.2) is 4.39 Å². The number of rotatable bonds is 10. The number of ether oxygens (including phenoxy) is 2. The number of nitrogens with one attached hydrogen (secondary N) is 1. The molecule has 3 atom stereocenters. The van der Waals surface area contributed by atoms with Crippen LogP contribution in [0.15, 0.2) is 36.4 Å². The summed E-state index contributed by atoms with van der Waals surface area (Å²) in [5.74, 6) is -0.900. The summed E-state index contributed by atoms with van der Waals surface area (Å²) >= 11 is 0. The second-order valence-electron chi connectivity index (χ2n) is 10.0. The zero-order valence-electron chi connectivity index (χ0n) is 22.0. The van der Waals surface area contributed by atoms with Gasteiger partial charge in [0.15, 0.2) is 0 Å². The molecule has 0 aliphatic carbocycles. The first-order valence-electron chi connectivity index (χ1n) is 12.8. The van der Waals surface area contributed by atoms with Gasteiger partial charge in [-0.3, -0.25) is 14.5 Å². The number of hydrogen-bond donors (Lipinski definition) is 1. The molecule has 2 aliphatic heterocycles. The molecule has 0 aromatic heterocycles. The fourth-order valence-electron chi connectivity index (χ4n) is 5.30. The van der Waals surface area contributed by atoms with Gasteiger partial charge in [-0.05, 0) is 32.4 Å². The highest BCUT2D eigenvalue weighted by molar-refractivity contribution is 6.30. The minimum Gasteiger partial charge on any atom is -0.488 e. The molecule has 1 fully saturated rings. The van der Waals surface area contributed by atoms with Gasteiger partial charge >= 0.3 is 0 Å². The Morgan fingerprint density at radius 3 is 2.58 bits per heavy atom. The summed E-state index contributed by atoms with van der Waals surface area (Å²) in [4.78, 5) is 40.3. The van der Waals surface area contributed by atoms with Gasteiger partial charge in [-0.2, -0.15) is 0 Å². The Labute approximate surface area is 223 Å². The van der Waals surface area contributed by atoms with Gasteiger partial charge in [0.25, 0.3) is 5.91 Å². The van der Waals surface area contributed by atoms with Crippen LogP contribution in [0.3, 0.4) is 0 Å². The summed E-state index contributed by atoms with van der Waals surface area (Å²) in [6, 6.07) is 10.3. The average Bonchev–Trinajstić information content (AvgIpc) is 3.24. The van der Waals surface area contributed by atoms with Crippen molar-refractivity contribution in [2.75, 3.05) is 20.1 Å². The van der Waals surface area contributed by atoms with Gasteiger partial charge in [-0.15, -0.1) is 0 Å². The van der Waals surface area contributed by atoms with E-state index in [1.54, 1.807) is 30.3 Å². The third kappa shape index (κ3) is 5.61. The van der Waals surface area contributed by atoms with Crippen molar-refractivity contribution in [3.8, 4) is 5.75 Å². The van der Waals surface area contributed by atoms with Crippen molar-refractivity contribution in [3.05, 3.63) is 64.5 Å². The van der Waals surface area contributed by atoms with Gasteiger partial charge < -0.3 is 24.5 Å². The van der Waals surface area contributed by atoms with Crippen molar-refractivity contribution in [2.24, 2.45) is 0 Å². The SMILES string of the molecule is [B]C(CCC=O)(C(=O)NC)N1Cc2c(OCc3cccc(CN4CC(C)OC(C)C4)c3F)cccc2C1=O. The molecule has 2 radical (unpaired) electrons. The molecular formula is C28H33BFN3O5. The van der Waals surface area contributed by atoms with Crippen LogP contribution < -0.4 is 10.1 Å². The summed E-state index contributed by atoms with van der Waals surface area (Å²) in [5.41, 5.74) is 0.214. The monoisotopic (exact) mass is 521 g/mol. The van der Waals surface area contributed by atoms with E-state index in [1.807, 2.05) is 19.9 Å². The zero-order valence-corrected chi connectivity index (χ0v) is 22.0. The molecule has 1 saturated heterocycles. The quantitative estimate of drug-likeness (QED) is 0.382. The first kappa shape index (κ1) is 27.8. The zero-order chi connectivity index (χ0) is 27.4. The number of carbonyl (C=O) groups is 3. The minimum absolute atomic E-state index is 0.0191. The summed E-state index contributed by atoms with van der Waals surface area (Å²) in [5, 5.41) is 2.49. The van der Waals surface area contributed by atoms with E-state index in [0.717, 1.165) is 13.1 Å². The summed E-state index contributed by atoms with van der Waals surface area (Å²) in [7, 11) is 7.82. The summed E-state index contributed by atoms with van der Waals surface area (Å²) in [6.45, 7) is 5.96. The molecule has 2 aliphatic rings. The van der Waals surface area contributed by atoms with E-state index in [1.165, 1.54) is 11.9 Å². The molecule has 2 aromatic rings. The standard InChI is InChI=1S/C28H33BFN3O5/c1-18-13-32(14-19(2)38-18)15-20-7-4-8-21(25(20)30)17-37-24-10-5-9-22-23(24)16-33(26(22)35)28(29,11-6-12-34)27(36)31-3/h4-5,7-10,12,18-19H,6,11,13-17H2,1-3H3,(H,31,36). The van der Waals surface area contributed by atoms with Crippen molar-refractivity contribution in [1.82, 2.24) is 15.1 Å². The Morgan fingerprint density at radius 2 is 1.89 bits per heavy atom. The van der Waals surface area contributed by atoms with E-state index in [0.29, 0.717) is 40.8 Å². The molecule has 1 N–H and O–H groups in total. The summed E-state index contributed by atoms with van der Waals surface area (Å²) < 4.78 is 27.2. The Hall–Kier alpha value is -3.24. The van der Waals surface area contributed by atoms with E-state index >= 15 is 4.39 Å². The van der Waals surface area contributed by atoms with Crippen LogP contribution in [0.5, 0.6) is 5.75 Å². The van der Waals surface area contributed by atoms with Crippen molar-refractivity contribution in [1.29, 1.82) is 0 Å². The predicted octanol–water partition coefficient (Wildman–Crippen LogP) is 2.56. The summed E-state index contributed by atoms with van der Waals surface area (Å²) in [6.07, 6.45) is 0.834. The van der Waals surface area contributed by atoms with E-state index in [4.69, 9.17) is 17.3 Å². The predicted molar refractivity (Wildman–Crippen MR) is 140 cm³/mol. The Bertz CT molecular complexity index is 1200. The number of amides is 2. The molecular weight excluding hydrogens is 488 g/mol. The molecule has 0 spiro atoms. The fourth-order valence-corrected chi connectivity index (χ4v) is 5.30. The second-order valence-corrected chi connectivity index (χ2v) is 10.0. The fraction of sp³-hybridized carbons (Fsp3) is 0.464. The second kappa shape index (κ2) is 11.7. The van der Waals surface area contributed by atoms with Crippen LogP contribution in [-0.2, 0) is 34.0 Å². The Kier molecular flexibility index (Phi) is 8.52. The topological polar surface area (TPSA) is 88.2 Å². The van der Waals surface area contributed by atoms with E-state index < -0.39 is 17.3 Å². The Balaban J connectivity index is 1.51. The first-order chi connectivity index (χ1) is 18.2. The number of morpholine rings is 1. The molecule has 200 valence electrons. The molecule has 0 bridgehead atoms. The van der Waals surface area contributed by atoms with Gasteiger partial charge in [0.05, 0.1) is 24.2 Å².